The number of hydrogen-bond acceptors (Lipinski definition) is 22. The summed E-state index contributed by atoms with van der Waals surface area (Å²) in [7, 11) is 8.31. The summed E-state index contributed by atoms with van der Waals surface area (Å²) in [6.07, 6.45) is -1.12. The Balaban J connectivity index is 0.000000149. The number of nitrogens with one attached hydrogen (secondary N) is 10. The van der Waals surface area contributed by atoms with Crippen LogP contribution in [0.1, 0.15) is 59.3 Å². The number of aliphatic hydroxyl groups excluding tert-OH is 1. The summed E-state index contributed by atoms with van der Waals surface area (Å²) in [6, 6.07) is 28.7. The molecular formula is C79H82F7N21O7. The summed E-state index contributed by atoms with van der Waals surface area (Å²) in [5, 5.41) is 30.8. The third-order valence-electron chi connectivity index (χ3n) is 19.4. The molecule has 594 valence electrons. The lowest BCUT2D eigenvalue weighted by Gasteiger charge is -2.35. The van der Waals surface area contributed by atoms with Crippen LogP contribution in [0.5, 0.6) is 34.9 Å². The van der Waals surface area contributed by atoms with E-state index in [1.165, 1.54) is 70.2 Å². The second-order valence-electron chi connectivity index (χ2n) is 27.2. The van der Waals surface area contributed by atoms with Gasteiger partial charge in [-0.15, -0.1) is 0 Å². The van der Waals surface area contributed by atoms with Gasteiger partial charge in [0.2, 0.25) is 17.6 Å². The van der Waals surface area contributed by atoms with Crippen LogP contribution in [0.3, 0.4) is 0 Å². The van der Waals surface area contributed by atoms with Gasteiger partial charge in [-0.05, 0) is 144 Å². The number of fused-ring (bicyclic) bond motifs is 3. The lowest BCUT2D eigenvalue weighted by Crippen LogP contribution is -2.45. The molecule has 0 aliphatic carbocycles. The van der Waals surface area contributed by atoms with E-state index in [1.807, 2.05) is 44.0 Å². The van der Waals surface area contributed by atoms with Crippen molar-refractivity contribution in [3.05, 3.63) is 196 Å². The first kappa shape index (κ1) is 79.2. The minimum atomic E-state index is -4.62. The van der Waals surface area contributed by atoms with Crippen molar-refractivity contribution in [2.45, 2.75) is 33.6 Å². The number of carbonyl (C=O) groups is 3. The molecule has 3 aliphatic heterocycles. The number of rotatable bonds is 19. The van der Waals surface area contributed by atoms with Gasteiger partial charge in [0.25, 0.3) is 17.7 Å². The van der Waals surface area contributed by atoms with Crippen molar-refractivity contribution in [2.24, 2.45) is 0 Å². The smallest absolute Gasteiger partial charge is 0.418 e. The Morgan fingerprint density at radius 3 is 1.26 bits per heavy atom. The zero-order valence-corrected chi connectivity index (χ0v) is 63.3. The summed E-state index contributed by atoms with van der Waals surface area (Å²) in [4.78, 5) is 82.7. The molecule has 3 saturated heterocycles. The number of halogens is 7. The fraction of sp³-hybridized carbons (Fsp3) is 0.278. The molecule has 3 aliphatic rings. The number of nitrogens with zero attached hydrogens (tertiary/aromatic N) is 11. The number of alkyl halides is 3. The normalized spacial score (nSPS) is 14.1. The zero-order valence-electron chi connectivity index (χ0n) is 63.3. The molecule has 6 aromatic carbocycles. The first-order valence-corrected chi connectivity index (χ1v) is 36.3. The Kier molecular flexibility index (Phi) is 23.9. The van der Waals surface area contributed by atoms with E-state index in [0.29, 0.717) is 94.6 Å². The highest BCUT2D eigenvalue weighted by atomic mass is 19.4. The monoisotopic (exact) mass is 1570 g/mol. The Bertz CT molecular complexity index is 5550. The van der Waals surface area contributed by atoms with Crippen LogP contribution in [-0.4, -0.2) is 191 Å². The minimum Gasteiger partial charge on any atom is -0.435 e. The van der Waals surface area contributed by atoms with Gasteiger partial charge in [-0.25, -0.2) is 47.5 Å². The van der Waals surface area contributed by atoms with Crippen molar-refractivity contribution in [3.63, 3.8) is 0 Å². The first-order chi connectivity index (χ1) is 54.9. The van der Waals surface area contributed by atoms with Gasteiger partial charge in [-0.1, -0.05) is 0 Å². The molecule has 0 saturated carbocycles. The predicted molar refractivity (Wildman–Crippen MR) is 420 cm³/mol. The maximum atomic E-state index is 15.2. The number of aromatic nitrogens is 9. The first-order valence-electron chi connectivity index (χ1n) is 36.3. The molecule has 3 amide bonds. The summed E-state index contributed by atoms with van der Waals surface area (Å²) < 4.78 is 120. The van der Waals surface area contributed by atoms with Gasteiger partial charge in [0.05, 0.1) is 17.9 Å². The summed E-state index contributed by atoms with van der Waals surface area (Å²) in [5.74, 6) is -4.67. The van der Waals surface area contributed by atoms with Gasteiger partial charge in [0.15, 0.2) is 52.2 Å². The third-order valence-corrected chi connectivity index (χ3v) is 19.4. The number of piperazine rings is 3. The molecule has 11 N–H and O–H groups in total. The maximum absolute atomic E-state index is 15.2. The highest BCUT2D eigenvalue weighted by Gasteiger charge is 2.37. The molecule has 0 unspecified atom stereocenters. The van der Waals surface area contributed by atoms with E-state index < -0.39 is 52.7 Å². The van der Waals surface area contributed by atoms with E-state index >= 15 is 13.2 Å². The number of likely N-dealkylation sites (N-methyl/N-ethyl adjacent to an activating group) is 2. The molecule has 6 aromatic heterocycles. The Morgan fingerprint density at radius 2 is 0.860 bits per heavy atom. The Hall–Kier alpha value is -12.9. The maximum Gasteiger partial charge on any atom is 0.418 e. The van der Waals surface area contributed by atoms with Crippen LogP contribution in [-0.2, 0) is 12.8 Å². The van der Waals surface area contributed by atoms with Crippen molar-refractivity contribution in [1.82, 2.24) is 75.9 Å². The van der Waals surface area contributed by atoms with E-state index in [2.05, 4.69) is 104 Å². The van der Waals surface area contributed by atoms with Crippen LogP contribution in [0.4, 0.5) is 82.3 Å². The number of ether oxygens (including phenoxy) is 3. The van der Waals surface area contributed by atoms with Crippen molar-refractivity contribution in [1.29, 1.82) is 0 Å². The molecule has 35 heteroatoms. The van der Waals surface area contributed by atoms with Crippen LogP contribution in [0.2, 0.25) is 0 Å². The second kappa shape index (κ2) is 34.4. The number of benzene rings is 6. The number of H-pyrrole nitrogens is 3. The lowest BCUT2D eigenvalue weighted by atomic mass is 10.1. The van der Waals surface area contributed by atoms with Gasteiger partial charge in [-0.3, -0.25) is 14.4 Å². The summed E-state index contributed by atoms with van der Waals surface area (Å²) in [5.41, 5.74) is 6.40. The van der Waals surface area contributed by atoms with E-state index in [4.69, 9.17) is 14.2 Å². The van der Waals surface area contributed by atoms with Gasteiger partial charge < -0.3 is 96.0 Å². The molecule has 28 nitrogen and oxygen atoms in total. The molecule has 0 radical (unpaired) electrons. The zero-order chi connectivity index (χ0) is 80.6. The lowest BCUT2D eigenvalue weighted by molar-refractivity contribution is -0.137. The molecule has 0 atom stereocenters. The quantitative estimate of drug-likeness (QED) is 0.0335. The van der Waals surface area contributed by atoms with Crippen molar-refractivity contribution in [2.75, 3.05) is 144 Å². The highest BCUT2D eigenvalue weighted by molar-refractivity contribution is 6.03. The van der Waals surface area contributed by atoms with Crippen LogP contribution in [0.25, 0.3) is 32.7 Å². The van der Waals surface area contributed by atoms with E-state index in [1.54, 1.807) is 60.4 Å². The standard InChI is InChI=1S/C27H27F4N7O2.C27H30FN7O3.C25H25F2N7O2/c1-15-12-17-19(35-15)5-7-21(23(17)28)40-26-22(25(39)32-2)24(33-14-34-26)36-16-4-6-20(18(13-16)27(29,30)31)38-10-8-37(3)9-11-38;1-16-12-19-21(32-16)6-7-22(24(19)28)38-27-23(26(37)29-2)25(30-15-31-27)33-20-5-4-18(13-17(20)14-36)35-10-8-34(3)9-11-35;1-14-11-16-18(32-14)4-6-20(22(16)27)36-25-21(24(35)28-2)23(30-13-31-25)33-15-3-5-19(17(26)12-15)34-9-7-29-8-10-34/h4-7,12-14,35H,8-11H2,1-3H3,(H,32,39)(H,33,34,36);4-7,12-13,15,32,36H,8-11,14H2,1-3H3,(H,29,37)(H,30,31,33);3-6,11-13,29,32H,7-10H2,1-2H3,(H,28,35)(H,30,31,33). The summed E-state index contributed by atoms with van der Waals surface area (Å²) in [6.45, 7) is 14.2. The molecule has 0 spiro atoms. The van der Waals surface area contributed by atoms with E-state index in [9.17, 15) is 37.1 Å². The van der Waals surface area contributed by atoms with E-state index in [0.717, 1.165) is 74.4 Å². The fourth-order valence-electron chi connectivity index (χ4n) is 13.4. The Labute approximate surface area is 648 Å². The number of aliphatic hydroxyl groups is 1. The number of carbonyl (C=O) groups excluding carboxylic acids is 3. The largest absolute Gasteiger partial charge is 0.435 e. The SMILES string of the molecule is CNC(=O)c1c(Nc2ccc(N3CCN(C)CC3)c(C(F)(F)F)c2)ncnc1Oc1ccc2[nH]c(C)cc2c1F.CNC(=O)c1c(Nc2ccc(N3CCN(C)CC3)cc2CO)ncnc1Oc1ccc2[nH]c(C)cc2c1F.CNC(=O)c1c(Nc2ccc(N3CCNCC3)c(F)c2)ncnc1Oc1ccc2[nH]c(C)cc2c1F. The van der Waals surface area contributed by atoms with Gasteiger partial charge >= 0.3 is 6.18 Å². The van der Waals surface area contributed by atoms with Crippen LogP contribution >= 0.6 is 0 Å². The fourth-order valence-corrected chi connectivity index (χ4v) is 13.4. The van der Waals surface area contributed by atoms with Crippen molar-refractivity contribution >= 4 is 102 Å². The summed E-state index contributed by atoms with van der Waals surface area (Å²) >= 11 is 0. The number of amides is 3. The predicted octanol–water partition coefficient (Wildman–Crippen LogP) is 12.5. The third kappa shape index (κ3) is 17.6. The second-order valence-corrected chi connectivity index (χ2v) is 27.2. The van der Waals surface area contributed by atoms with Crippen LogP contribution in [0.15, 0.2) is 128 Å². The molecule has 12 aromatic rings. The molecule has 15 rings (SSSR count). The van der Waals surface area contributed by atoms with Gasteiger partial charge in [-0.2, -0.15) is 13.2 Å². The number of aromatic amines is 3. The minimum absolute atomic E-state index is 0.00628. The molecular weight excluding hydrogens is 1490 g/mol. The highest BCUT2D eigenvalue weighted by Crippen LogP contribution is 2.42. The molecule has 0 bridgehead atoms. The van der Waals surface area contributed by atoms with Crippen molar-refractivity contribution in [3.8, 4) is 34.9 Å². The van der Waals surface area contributed by atoms with Crippen LogP contribution in [0, 0.1) is 44.0 Å². The molecule has 114 heavy (non-hydrogen) atoms. The number of anilines is 9. The Morgan fingerprint density at radius 1 is 0.465 bits per heavy atom. The average Bonchev–Trinajstić information content (AvgIpc) is 1.74. The van der Waals surface area contributed by atoms with E-state index in [-0.39, 0.29) is 87.0 Å². The van der Waals surface area contributed by atoms with Gasteiger partial charge in [0, 0.05) is 183 Å². The molecule has 9 heterocycles. The number of hydrogen-bond donors (Lipinski definition) is 11. The number of aryl methyl sites for hydroxylation is 3. The van der Waals surface area contributed by atoms with Crippen molar-refractivity contribution < 1.29 is 64.4 Å². The van der Waals surface area contributed by atoms with Crippen LogP contribution < -0.4 is 66.1 Å². The topological polar surface area (TPSA) is 324 Å². The molecule has 3 fully saturated rings. The van der Waals surface area contributed by atoms with Gasteiger partial charge in [0.1, 0.15) is 41.5 Å². The average molecular weight is 1570 g/mol.